The van der Waals surface area contributed by atoms with Gasteiger partial charge in [0.2, 0.25) is 0 Å². The molecule has 3 aromatic rings. The average Bonchev–Trinajstić information content (AvgIpc) is 3.15. The Balaban J connectivity index is 1.60. The highest BCUT2D eigenvalue weighted by molar-refractivity contribution is 7.15. The summed E-state index contributed by atoms with van der Waals surface area (Å²) in [5, 5.41) is 8.05. The standard InChI is InChI=1S/C21H22FN3O2S/c1-15-2-8-19(28-15)18-7-9-20(26)25(24-18)14-23-21(10-12-27-13-11-21)16-3-5-17(22)6-4-16/h2-9,23H,10-14H2,1H3. The molecule has 1 aliphatic rings. The van der Waals surface area contributed by atoms with E-state index in [2.05, 4.69) is 10.4 Å². The van der Waals surface area contributed by atoms with Crippen molar-refractivity contribution in [1.29, 1.82) is 0 Å². The van der Waals surface area contributed by atoms with Crippen molar-refractivity contribution in [3.63, 3.8) is 0 Å². The number of thiophene rings is 1. The van der Waals surface area contributed by atoms with E-state index in [0.29, 0.717) is 13.2 Å². The van der Waals surface area contributed by atoms with Crippen molar-refractivity contribution in [3.8, 4) is 10.6 Å². The lowest BCUT2D eigenvalue weighted by molar-refractivity contribution is 0.0322. The number of aryl methyl sites for hydroxylation is 1. The Bertz CT molecular complexity index is 1010. The van der Waals surface area contributed by atoms with E-state index in [0.717, 1.165) is 29.0 Å². The quantitative estimate of drug-likeness (QED) is 0.711. The van der Waals surface area contributed by atoms with Crippen LogP contribution in [-0.4, -0.2) is 23.0 Å². The molecule has 7 heteroatoms. The number of nitrogens with zero attached hydrogens (tertiary/aromatic N) is 2. The maximum atomic E-state index is 13.4. The molecule has 0 saturated carbocycles. The fourth-order valence-corrected chi connectivity index (χ4v) is 4.38. The van der Waals surface area contributed by atoms with Gasteiger partial charge in [-0.3, -0.25) is 10.1 Å². The third-order valence-corrected chi connectivity index (χ3v) is 6.19. The molecule has 3 heterocycles. The third-order valence-electron chi connectivity index (χ3n) is 5.17. The maximum Gasteiger partial charge on any atom is 0.268 e. The third kappa shape index (κ3) is 3.92. The van der Waals surface area contributed by atoms with Gasteiger partial charge in [0.1, 0.15) is 11.5 Å². The van der Waals surface area contributed by atoms with Crippen molar-refractivity contribution >= 4 is 11.3 Å². The van der Waals surface area contributed by atoms with Crippen LogP contribution in [0.25, 0.3) is 10.6 Å². The highest BCUT2D eigenvalue weighted by Gasteiger charge is 2.34. The summed E-state index contributed by atoms with van der Waals surface area (Å²) in [7, 11) is 0. The first-order chi connectivity index (χ1) is 13.6. The van der Waals surface area contributed by atoms with Crippen LogP contribution in [0.1, 0.15) is 23.3 Å². The number of benzene rings is 1. The monoisotopic (exact) mass is 399 g/mol. The lowest BCUT2D eigenvalue weighted by Gasteiger charge is -2.38. The van der Waals surface area contributed by atoms with Crippen LogP contribution in [0.4, 0.5) is 4.39 Å². The highest BCUT2D eigenvalue weighted by atomic mass is 32.1. The largest absolute Gasteiger partial charge is 0.381 e. The van der Waals surface area contributed by atoms with Crippen molar-refractivity contribution in [1.82, 2.24) is 15.1 Å². The van der Waals surface area contributed by atoms with Gasteiger partial charge in [0.25, 0.3) is 5.56 Å². The van der Waals surface area contributed by atoms with Gasteiger partial charge >= 0.3 is 0 Å². The van der Waals surface area contributed by atoms with Gasteiger partial charge in [0.15, 0.2) is 0 Å². The Kier molecular flexibility index (Phi) is 5.39. The Morgan fingerprint density at radius 2 is 1.89 bits per heavy atom. The predicted octanol–water partition coefficient (Wildman–Crippen LogP) is 3.67. The van der Waals surface area contributed by atoms with Gasteiger partial charge in [-0.25, -0.2) is 9.07 Å². The number of hydrogen-bond acceptors (Lipinski definition) is 5. The van der Waals surface area contributed by atoms with Gasteiger partial charge in [-0.05, 0) is 55.7 Å². The summed E-state index contributed by atoms with van der Waals surface area (Å²) >= 11 is 1.65. The second kappa shape index (κ2) is 7.95. The van der Waals surface area contributed by atoms with E-state index < -0.39 is 0 Å². The van der Waals surface area contributed by atoms with E-state index in [9.17, 15) is 9.18 Å². The minimum Gasteiger partial charge on any atom is -0.381 e. The molecule has 0 radical (unpaired) electrons. The minimum atomic E-state index is -0.372. The van der Waals surface area contributed by atoms with Crippen LogP contribution in [0.15, 0.2) is 53.3 Å². The average molecular weight is 399 g/mol. The fourth-order valence-electron chi connectivity index (χ4n) is 3.55. The summed E-state index contributed by atoms with van der Waals surface area (Å²) in [4.78, 5) is 14.6. The van der Waals surface area contributed by atoms with E-state index >= 15 is 0 Å². The number of aromatic nitrogens is 2. The summed E-state index contributed by atoms with van der Waals surface area (Å²) in [6.45, 7) is 3.54. The molecule has 0 atom stereocenters. The van der Waals surface area contributed by atoms with Gasteiger partial charge in [0.05, 0.1) is 11.5 Å². The molecule has 1 fully saturated rings. The molecule has 146 valence electrons. The number of halogens is 1. The summed E-state index contributed by atoms with van der Waals surface area (Å²) in [5.41, 5.74) is 1.24. The molecule has 1 saturated heterocycles. The zero-order valence-electron chi connectivity index (χ0n) is 15.7. The van der Waals surface area contributed by atoms with E-state index in [1.165, 1.54) is 21.7 Å². The van der Waals surface area contributed by atoms with E-state index in [4.69, 9.17) is 4.74 Å². The summed E-state index contributed by atoms with van der Waals surface area (Å²) in [6, 6.07) is 13.9. The summed E-state index contributed by atoms with van der Waals surface area (Å²) in [6.07, 6.45) is 1.49. The minimum absolute atomic E-state index is 0.161. The molecular weight excluding hydrogens is 377 g/mol. The summed E-state index contributed by atoms with van der Waals surface area (Å²) in [5.74, 6) is -0.261. The van der Waals surface area contributed by atoms with Crippen molar-refractivity contribution in [3.05, 3.63) is 75.1 Å². The first-order valence-electron chi connectivity index (χ1n) is 9.30. The zero-order valence-corrected chi connectivity index (χ0v) is 16.5. The second-order valence-electron chi connectivity index (χ2n) is 7.00. The molecule has 1 aromatic carbocycles. The number of nitrogens with one attached hydrogen (secondary N) is 1. The van der Waals surface area contributed by atoms with Crippen LogP contribution in [0.2, 0.25) is 0 Å². The van der Waals surface area contributed by atoms with Gasteiger partial charge in [-0.15, -0.1) is 11.3 Å². The van der Waals surface area contributed by atoms with E-state index in [1.54, 1.807) is 35.6 Å². The highest BCUT2D eigenvalue weighted by Crippen LogP contribution is 2.32. The van der Waals surface area contributed by atoms with Gasteiger partial charge in [-0.2, -0.15) is 5.10 Å². The lowest BCUT2D eigenvalue weighted by Crippen LogP contribution is -2.48. The molecule has 28 heavy (non-hydrogen) atoms. The SMILES string of the molecule is Cc1ccc(-c2ccc(=O)n(CNC3(c4ccc(F)cc4)CCOCC3)n2)s1. The molecular formula is C21H22FN3O2S. The van der Waals surface area contributed by atoms with Crippen LogP contribution in [0.5, 0.6) is 0 Å². The molecule has 1 aliphatic heterocycles. The molecule has 0 spiro atoms. The molecule has 0 aliphatic carbocycles. The number of ether oxygens (including phenoxy) is 1. The Morgan fingerprint density at radius 3 is 2.57 bits per heavy atom. The summed E-state index contributed by atoms with van der Waals surface area (Å²) < 4.78 is 20.4. The molecule has 0 bridgehead atoms. The molecule has 5 nitrogen and oxygen atoms in total. The first-order valence-corrected chi connectivity index (χ1v) is 10.1. The Hall–Kier alpha value is -2.35. The zero-order chi connectivity index (χ0) is 19.6. The van der Waals surface area contributed by atoms with E-state index in [1.807, 2.05) is 19.1 Å². The van der Waals surface area contributed by atoms with Gasteiger partial charge < -0.3 is 4.74 Å². The Morgan fingerprint density at radius 1 is 1.14 bits per heavy atom. The second-order valence-corrected chi connectivity index (χ2v) is 8.29. The first kappa shape index (κ1) is 19.0. The number of hydrogen-bond donors (Lipinski definition) is 1. The lowest BCUT2D eigenvalue weighted by atomic mass is 9.83. The van der Waals surface area contributed by atoms with Crippen LogP contribution in [0, 0.1) is 12.7 Å². The van der Waals surface area contributed by atoms with E-state index in [-0.39, 0.29) is 23.6 Å². The van der Waals surface area contributed by atoms with Crippen molar-refractivity contribution in [2.75, 3.05) is 13.2 Å². The smallest absolute Gasteiger partial charge is 0.268 e. The topological polar surface area (TPSA) is 56.2 Å². The molecule has 4 rings (SSSR count). The van der Waals surface area contributed by atoms with Gasteiger partial charge in [-0.1, -0.05) is 12.1 Å². The molecule has 2 aromatic heterocycles. The Labute approximate surface area is 166 Å². The van der Waals surface area contributed by atoms with Crippen LogP contribution in [0.3, 0.4) is 0 Å². The number of rotatable bonds is 5. The van der Waals surface area contributed by atoms with Crippen molar-refractivity contribution in [2.45, 2.75) is 32.0 Å². The van der Waals surface area contributed by atoms with Crippen LogP contribution in [-0.2, 0) is 16.9 Å². The molecule has 1 N–H and O–H groups in total. The van der Waals surface area contributed by atoms with Crippen LogP contribution < -0.4 is 10.9 Å². The fraction of sp³-hybridized carbons (Fsp3) is 0.333. The molecule has 0 amide bonds. The maximum absolute atomic E-state index is 13.4. The van der Waals surface area contributed by atoms with Crippen molar-refractivity contribution < 1.29 is 9.13 Å². The van der Waals surface area contributed by atoms with Crippen molar-refractivity contribution in [2.24, 2.45) is 0 Å². The molecule has 0 unspecified atom stereocenters. The van der Waals surface area contributed by atoms with Crippen LogP contribution >= 0.6 is 11.3 Å². The van der Waals surface area contributed by atoms with Gasteiger partial charge in [0, 0.05) is 29.7 Å². The normalized spacial score (nSPS) is 16.2. The predicted molar refractivity (Wildman–Crippen MR) is 108 cm³/mol.